The van der Waals surface area contributed by atoms with Crippen molar-refractivity contribution >= 4 is 5.91 Å². The normalized spacial score (nSPS) is 29.2. The molecule has 7 heteroatoms. The molecule has 2 aliphatic heterocycles. The second-order valence-electron chi connectivity index (χ2n) is 7.02. The van der Waals surface area contributed by atoms with E-state index < -0.39 is 6.10 Å². The van der Waals surface area contributed by atoms with Gasteiger partial charge in [-0.1, -0.05) is 37.3 Å². The maximum atomic E-state index is 13.1. The molecule has 2 aromatic rings. The van der Waals surface area contributed by atoms with E-state index in [1.807, 2.05) is 29.2 Å². The predicted molar refractivity (Wildman–Crippen MR) is 86.6 cm³/mol. The highest BCUT2D eigenvalue weighted by Crippen LogP contribution is 2.39. The smallest absolute Gasteiger partial charge is 0.264 e. The number of piperidine rings is 1. The number of H-pyrrole nitrogens is 1. The summed E-state index contributed by atoms with van der Waals surface area (Å²) in [6, 6.07) is 7.89. The molecule has 0 spiro atoms. The molecule has 1 N–H and O–H groups in total. The van der Waals surface area contributed by atoms with Crippen LogP contribution in [0.15, 0.2) is 24.3 Å². The molecule has 24 heavy (non-hydrogen) atoms. The lowest BCUT2D eigenvalue weighted by molar-refractivity contribution is -0.141. The number of rotatable bonds is 2. The number of likely N-dealkylation sites (tertiary alicyclic amines) is 1. The Morgan fingerprint density at radius 3 is 3.00 bits per heavy atom. The third-order valence-corrected chi connectivity index (χ3v) is 5.25. The number of fused-ring (bicyclic) bond motifs is 1. The van der Waals surface area contributed by atoms with Crippen LogP contribution in [0.5, 0.6) is 5.75 Å². The summed E-state index contributed by atoms with van der Waals surface area (Å²) in [6.45, 7) is 5.48. The Labute approximate surface area is 140 Å². The number of nitrogens with one attached hydrogen (secondary N) is 1. The van der Waals surface area contributed by atoms with E-state index in [2.05, 4.69) is 34.5 Å². The zero-order chi connectivity index (χ0) is 16.7. The summed E-state index contributed by atoms with van der Waals surface area (Å²) in [5, 5.41) is 14.4. The number of ether oxygens (including phenoxy) is 1. The molecule has 3 atom stereocenters. The van der Waals surface area contributed by atoms with Gasteiger partial charge in [-0.05, 0) is 18.9 Å². The Morgan fingerprint density at radius 1 is 1.42 bits per heavy atom. The first kappa shape index (κ1) is 15.1. The van der Waals surface area contributed by atoms with E-state index in [1.54, 1.807) is 0 Å². The fourth-order valence-electron chi connectivity index (χ4n) is 3.84. The number of tetrazole rings is 1. The van der Waals surface area contributed by atoms with Crippen LogP contribution in [0.3, 0.4) is 0 Å². The summed E-state index contributed by atoms with van der Waals surface area (Å²) in [7, 11) is 0. The lowest BCUT2D eigenvalue weighted by Crippen LogP contribution is -2.51. The van der Waals surface area contributed by atoms with Gasteiger partial charge in [-0.3, -0.25) is 4.79 Å². The Morgan fingerprint density at radius 2 is 2.25 bits per heavy atom. The fraction of sp³-hybridized carbons (Fsp3) is 0.529. The van der Waals surface area contributed by atoms with E-state index in [0.29, 0.717) is 12.4 Å². The van der Waals surface area contributed by atoms with Gasteiger partial charge in [-0.25, -0.2) is 0 Å². The van der Waals surface area contributed by atoms with E-state index in [0.717, 1.165) is 30.7 Å². The largest absolute Gasteiger partial charge is 0.480 e. The van der Waals surface area contributed by atoms with Gasteiger partial charge in [0.2, 0.25) is 0 Å². The van der Waals surface area contributed by atoms with Crippen LogP contribution in [-0.2, 0) is 10.2 Å². The first-order valence-corrected chi connectivity index (χ1v) is 8.37. The minimum atomic E-state index is -0.449. The third-order valence-electron chi connectivity index (χ3n) is 5.25. The monoisotopic (exact) mass is 327 g/mol. The molecule has 1 saturated heterocycles. The van der Waals surface area contributed by atoms with Crippen LogP contribution in [-0.4, -0.2) is 50.6 Å². The zero-order valence-electron chi connectivity index (χ0n) is 13.9. The van der Waals surface area contributed by atoms with Gasteiger partial charge in [0.05, 0.1) is 0 Å². The quantitative estimate of drug-likeness (QED) is 0.906. The van der Waals surface area contributed by atoms with E-state index in [1.165, 1.54) is 0 Å². The van der Waals surface area contributed by atoms with Crippen LogP contribution in [0, 0.1) is 0 Å². The molecular weight excluding hydrogens is 306 g/mol. The van der Waals surface area contributed by atoms with Crippen LogP contribution in [0.2, 0.25) is 0 Å². The molecule has 2 aliphatic rings. The van der Waals surface area contributed by atoms with Gasteiger partial charge in [0.15, 0.2) is 11.9 Å². The van der Waals surface area contributed by atoms with Crippen molar-refractivity contribution in [2.24, 2.45) is 0 Å². The lowest BCUT2D eigenvalue weighted by atomic mass is 9.81. The number of nitrogens with zero attached hydrogens (tertiary/aromatic N) is 4. The number of hydrogen-bond donors (Lipinski definition) is 1. The molecule has 3 heterocycles. The summed E-state index contributed by atoms with van der Waals surface area (Å²) in [4.78, 5) is 15.0. The summed E-state index contributed by atoms with van der Waals surface area (Å²) < 4.78 is 5.95. The summed E-state index contributed by atoms with van der Waals surface area (Å²) in [5.74, 6) is 1.60. The Balaban J connectivity index is 1.53. The van der Waals surface area contributed by atoms with Crippen molar-refractivity contribution < 1.29 is 9.53 Å². The van der Waals surface area contributed by atoms with E-state index in [9.17, 15) is 4.79 Å². The second kappa shape index (κ2) is 5.58. The Kier molecular flexibility index (Phi) is 3.51. The number of carbonyl (C=O) groups excluding carboxylic acids is 1. The second-order valence-corrected chi connectivity index (χ2v) is 7.02. The number of aromatic amines is 1. The standard InChI is InChI=1S/C17H21N5O2/c1-11-12-6-3-4-7-13(12)24-14(11)15(23)22-9-5-8-17(2,10-22)16-18-20-21-19-16/h3-4,6-7,11,14H,5,8-10H2,1-2H3,(H,18,19,20,21)/t11-,14+,17?/m0/s1. The van der Waals surface area contributed by atoms with Gasteiger partial charge in [-0.15, -0.1) is 10.2 Å². The molecule has 1 aromatic heterocycles. The third kappa shape index (κ3) is 2.35. The number of hydrogen-bond acceptors (Lipinski definition) is 5. The van der Waals surface area contributed by atoms with Crippen molar-refractivity contribution in [3.63, 3.8) is 0 Å². The molecule has 0 bridgehead atoms. The number of amides is 1. The van der Waals surface area contributed by atoms with Crippen LogP contribution in [0.1, 0.15) is 44.0 Å². The lowest BCUT2D eigenvalue weighted by Gasteiger charge is -2.39. The summed E-state index contributed by atoms with van der Waals surface area (Å²) in [5.41, 5.74) is 0.837. The van der Waals surface area contributed by atoms with Gasteiger partial charge in [-0.2, -0.15) is 5.21 Å². The average Bonchev–Trinajstić information content (AvgIpc) is 3.24. The molecule has 0 saturated carbocycles. The summed E-state index contributed by atoms with van der Waals surface area (Å²) in [6.07, 6.45) is 1.41. The Hall–Kier alpha value is -2.44. The van der Waals surface area contributed by atoms with Crippen LogP contribution in [0.25, 0.3) is 0 Å². The minimum Gasteiger partial charge on any atom is -0.480 e. The molecule has 1 amide bonds. The summed E-state index contributed by atoms with van der Waals surface area (Å²) >= 11 is 0. The Bertz CT molecular complexity index is 747. The SMILES string of the molecule is C[C@H]1c2ccccc2O[C@H]1C(=O)N1CCCC(C)(c2nn[nH]n2)C1. The van der Waals surface area contributed by atoms with Gasteiger partial charge < -0.3 is 9.64 Å². The molecule has 1 unspecified atom stereocenters. The molecule has 1 fully saturated rings. The highest BCUT2D eigenvalue weighted by atomic mass is 16.5. The average molecular weight is 327 g/mol. The fourth-order valence-corrected chi connectivity index (χ4v) is 3.84. The zero-order valence-corrected chi connectivity index (χ0v) is 13.9. The van der Waals surface area contributed by atoms with Crippen molar-refractivity contribution in [3.8, 4) is 5.75 Å². The predicted octanol–water partition coefficient (Wildman–Crippen LogP) is 1.64. The number of aromatic nitrogens is 4. The maximum Gasteiger partial charge on any atom is 0.264 e. The molecule has 4 rings (SSSR count). The van der Waals surface area contributed by atoms with Crippen LogP contribution >= 0.6 is 0 Å². The first-order valence-electron chi connectivity index (χ1n) is 8.37. The molecule has 0 aliphatic carbocycles. The van der Waals surface area contributed by atoms with Gasteiger partial charge in [0.25, 0.3) is 5.91 Å². The van der Waals surface area contributed by atoms with E-state index in [-0.39, 0.29) is 17.2 Å². The highest BCUT2D eigenvalue weighted by Gasteiger charge is 2.43. The van der Waals surface area contributed by atoms with Crippen LogP contribution in [0.4, 0.5) is 0 Å². The van der Waals surface area contributed by atoms with Gasteiger partial charge in [0, 0.05) is 30.0 Å². The van der Waals surface area contributed by atoms with Crippen molar-refractivity contribution in [2.75, 3.05) is 13.1 Å². The molecule has 126 valence electrons. The number of carbonyl (C=O) groups is 1. The van der Waals surface area contributed by atoms with Gasteiger partial charge >= 0.3 is 0 Å². The van der Waals surface area contributed by atoms with Crippen LogP contribution < -0.4 is 4.74 Å². The maximum absolute atomic E-state index is 13.1. The van der Waals surface area contributed by atoms with Gasteiger partial charge in [0.1, 0.15) is 5.75 Å². The molecule has 1 aromatic carbocycles. The van der Waals surface area contributed by atoms with Crippen molar-refractivity contribution in [2.45, 2.75) is 44.1 Å². The van der Waals surface area contributed by atoms with E-state index in [4.69, 9.17) is 4.74 Å². The number of para-hydroxylation sites is 1. The highest BCUT2D eigenvalue weighted by molar-refractivity contribution is 5.84. The first-order chi connectivity index (χ1) is 11.6. The number of benzene rings is 1. The van der Waals surface area contributed by atoms with E-state index >= 15 is 0 Å². The van der Waals surface area contributed by atoms with Crippen molar-refractivity contribution in [3.05, 3.63) is 35.7 Å². The minimum absolute atomic E-state index is 0.0492. The molecule has 7 nitrogen and oxygen atoms in total. The van der Waals surface area contributed by atoms with Crippen molar-refractivity contribution in [1.82, 2.24) is 25.5 Å². The van der Waals surface area contributed by atoms with Crippen molar-refractivity contribution in [1.29, 1.82) is 0 Å². The molecular formula is C17H21N5O2. The molecule has 0 radical (unpaired) electrons. The topological polar surface area (TPSA) is 84.0 Å².